The maximum Gasteiger partial charge on any atom is 0.350 e. The molecule has 0 aliphatic rings. The molecule has 3 N–H and O–H groups in total. The number of likely N-dealkylation sites (N-methyl/N-ethyl adjacent to an activating group) is 1. The lowest BCUT2D eigenvalue weighted by molar-refractivity contribution is -0.391. The number of hydrogen-bond acceptors (Lipinski definition) is 7. The fraction of sp³-hybridized carbons (Fsp3) is 0.467. The van der Waals surface area contributed by atoms with E-state index in [0.29, 0.717) is 18.1 Å². The Kier molecular flexibility index (Phi) is 6.23. The second-order valence-corrected chi connectivity index (χ2v) is 5.98. The number of rotatable bonds is 9. The summed E-state index contributed by atoms with van der Waals surface area (Å²) in [5, 5.41) is 22.9. The van der Waals surface area contributed by atoms with E-state index in [-0.39, 0.29) is 24.7 Å². The molecule has 1 amide bonds. The minimum absolute atomic E-state index is 0.0501. The topological polar surface area (TPSA) is 159 Å². The summed E-state index contributed by atoms with van der Waals surface area (Å²) in [6.45, 7) is 4.19. The van der Waals surface area contributed by atoms with Gasteiger partial charge in [-0.2, -0.15) is 4.98 Å². The lowest BCUT2D eigenvalue weighted by Crippen LogP contribution is -2.46. The molecule has 1 unspecified atom stereocenters. The summed E-state index contributed by atoms with van der Waals surface area (Å²) in [7, 11) is 1.75. The number of H-pyrrole nitrogens is 1. The molecule has 0 aliphatic heterocycles. The largest absolute Gasteiger partial charge is 0.480 e. The molecule has 12 heteroatoms. The van der Waals surface area contributed by atoms with Gasteiger partial charge in [-0.3, -0.25) is 9.69 Å². The minimum Gasteiger partial charge on any atom is -0.480 e. The van der Waals surface area contributed by atoms with Gasteiger partial charge in [0.25, 0.3) is 0 Å². The van der Waals surface area contributed by atoms with Crippen molar-refractivity contribution in [3.8, 4) is 5.95 Å². The smallest absolute Gasteiger partial charge is 0.350 e. The maximum absolute atomic E-state index is 11.9. The van der Waals surface area contributed by atoms with Gasteiger partial charge in [0.1, 0.15) is 12.2 Å². The van der Waals surface area contributed by atoms with E-state index in [1.54, 1.807) is 18.9 Å². The molecule has 0 saturated heterocycles. The predicted octanol–water partition coefficient (Wildman–Crippen LogP) is -0.124. The third-order valence-electron chi connectivity index (χ3n) is 3.94. The highest BCUT2D eigenvalue weighted by Gasteiger charge is 2.25. The molecule has 146 valence electrons. The third-order valence-corrected chi connectivity index (χ3v) is 3.94. The van der Waals surface area contributed by atoms with E-state index in [4.69, 9.17) is 0 Å². The van der Waals surface area contributed by atoms with Gasteiger partial charge in [-0.1, -0.05) is 6.92 Å². The van der Waals surface area contributed by atoms with Crippen LogP contribution in [0.2, 0.25) is 0 Å². The normalized spacial score (nSPS) is 12.1. The van der Waals surface area contributed by atoms with E-state index in [0.717, 1.165) is 6.20 Å². The van der Waals surface area contributed by atoms with Gasteiger partial charge >= 0.3 is 17.7 Å². The van der Waals surface area contributed by atoms with E-state index in [1.807, 2.05) is 6.92 Å². The quantitative estimate of drug-likeness (QED) is 0.401. The molecule has 0 spiro atoms. The van der Waals surface area contributed by atoms with Gasteiger partial charge in [0.05, 0.1) is 12.7 Å². The molecule has 2 rings (SSSR count). The first-order valence-corrected chi connectivity index (χ1v) is 8.16. The first-order valence-electron chi connectivity index (χ1n) is 8.16. The van der Waals surface area contributed by atoms with Crippen LogP contribution in [0, 0.1) is 17.0 Å². The molecule has 0 radical (unpaired) electrons. The number of nitro groups is 1. The zero-order valence-corrected chi connectivity index (χ0v) is 15.2. The van der Waals surface area contributed by atoms with Gasteiger partial charge in [-0.25, -0.2) is 9.78 Å². The van der Waals surface area contributed by atoms with Crippen molar-refractivity contribution in [3.63, 3.8) is 0 Å². The van der Waals surface area contributed by atoms with Crippen molar-refractivity contribution in [1.82, 2.24) is 29.7 Å². The zero-order valence-electron chi connectivity index (χ0n) is 15.2. The lowest BCUT2D eigenvalue weighted by atomic mass is 10.1. The number of aromatic nitrogens is 4. The fourth-order valence-corrected chi connectivity index (χ4v) is 2.40. The molecule has 12 nitrogen and oxygen atoms in total. The molecular weight excluding hydrogens is 358 g/mol. The molecule has 27 heavy (non-hydrogen) atoms. The molecule has 2 heterocycles. The summed E-state index contributed by atoms with van der Waals surface area (Å²) >= 11 is 0. The van der Waals surface area contributed by atoms with Gasteiger partial charge in [0.15, 0.2) is 0 Å². The van der Waals surface area contributed by atoms with E-state index in [2.05, 4.69) is 20.3 Å². The van der Waals surface area contributed by atoms with E-state index >= 15 is 0 Å². The molecule has 2 aromatic rings. The molecular formula is C15H21N7O5. The van der Waals surface area contributed by atoms with E-state index in [1.165, 1.54) is 10.8 Å². The highest BCUT2D eigenvalue weighted by Crippen LogP contribution is 2.18. The van der Waals surface area contributed by atoms with Crippen LogP contribution in [0.15, 0.2) is 12.4 Å². The fourth-order valence-electron chi connectivity index (χ4n) is 2.40. The van der Waals surface area contributed by atoms with Crippen LogP contribution in [0.4, 0.5) is 5.82 Å². The summed E-state index contributed by atoms with van der Waals surface area (Å²) in [5.74, 6) is -1.36. The van der Waals surface area contributed by atoms with Gasteiger partial charge < -0.3 is 25.5 Å². The van der Waals surface area contributed by atoms with Crippen molar-refractivity contribution in [2.45, 2.75) is 26.3 Å². The van der Waals surface area contributed by atoms with Crippen LogP contribution in [0.3, 0.4) is 0 Å². The third kappa shape index (κ3) is 4.88. The number of aromatic amines is 1. The van der Waals surface area contributed by atoms with Crippen molar-refractivity contribution < 1.29 is 19.6 Å². The number of carboxylic acid groups (broad SMARTS) is 1. The van der Waals surface area contributed by atoms with Crippen molar-refractivity contribution in [3.05, 3.63) is 34.0 Å². The Morgan fingerprint density at radius 2 is 2.15 bits per heavy atom. The number of hydrogen-bond donors (Lipinski definition) is 3. The molecule has 0 aliphatic carbocycles. The molecule has 0 bridgehead atoms. The van der Waals surface area contributed by atoms with E-state index in [9.17, 15) is 24.8 Å². The monoisotopic (exact) mass is 379 g/mol. The number of aryl methyl sites for hydroxylation is 1. The molecule has 1 atom stereocenters. The average Bonchev–Trinajstić information content (AvgIpc) is 3.20. The number of aliphatic carboxylic acids is 1. The van der Waals surface area contributed by atoms with Crippen LogP contribution in [0.5, 0.6) is 0 Å². The number of nitrogens with one attached hydrogen (secondary N) is 2. The first kappa shape index (κ1) is 20.0. The molecule has 0 fully saturated rings. The summed E-state index contributed by atoms with van der Waals surface area (Å²) in [6, 6.07) is -1.16. The Hall–Kier alpha value is -3.28. The summed E-state index contributed by atoms with van der Waals surface area (Å²) < 4.78 is 1.22. The maximum atomic E-state index is 11.9. The standard InChI is InChI=1S/C15H21N7O5/c1-4-20(3)8-12(23)19-11(14(24)25)5-10-6-17-15(18-10)21-9(2)16-7-13(21)22(26)27/h6-7,11H,4-5,8H2,1-3H3,(H,17,18)(H,19,23)(H,24,25). The van der Waals surface area contributed by atoms with Crippen molar-refractivity contribution in [1.29, 1.82) is 0 Å². The highest BCUT2D eigenvalue weighted by atomic mass is 16.6. The Labute approximate surface area is 154 Å². The van der Waals surface area contributed by atoms with Gasteiger partial charge in [0.2, 0.25) is 11.7 Å². The number of amides is 1. The number of carboxylic acids is 1. The Morgan fingerprint density at radius 3 is 2.74 bits per heavy atom. The number of carbonyl (C=O) groups excluding carboxylic acids is 1. The van der Waals surface area contributed by atoms with Crippen molar-refractivity contribution in [2.24, 2.45) is 0 Å². The Bertz CT molecular complexity index is 843. The van der Waals surface area contributed by atoms with Crippen molar-refractivity contribution >= 4 is 17.7 Å². The van der Waals surface area contributed by atoms with Crippen LogP contribution in [0.1, 0.15) is 18.4 Å². The number of imidazole rings is 2. The van der Waals surface area contributed by atoms with Gasteiger partial charge in [-0.15, -0.1) is 4.57 Å². The second kappa shape index (κ2) is 8.40. The first-order chi connectivity index (χ1) is 12.7. The second-order valence-electron chi connectivity index (χ2n) is 5.98. The van der Waals surface area contributed by atoms with Gasteiger partial charge in [0, 0.05) is 19.0 Å². The summed E-state index contributed by atoms with van der Waals surface area (Å²) in [4.78, 5) is 46.4. The average molecular weight is 379 g/mol. The zero-order chi connectivity index (χ0) is 20.1. The minimum atomic E-state index is -1.19. The van der Waals surface area contributed by atoms with E-state index < -0.39 is 22.8 Å². The SMILES string of the molecule is CCN(C)CC(=O)NC(Cc1cnc(-n2c([N+](=O)[O-])cnc2C)[nH]1)C(=O)O. The molecule has 0 saturated carbocycles. The summed E-state index contributed by atoms with van der Waals surface area (Å²) in [6.07, 6.45) is 2.44. The number of nitrogens with zero attached hydrogens (tertiary/aromatic N) is 5. The Balaban J connectivity index is 2.15. The predicted molar refractivity (Wildman–Crippen MR) is 93.5 cm³/mol. The highest BCUT2D eigenvalue weighted by molar-refractivity contribution is 5.84. The molecule has 0 aromatic carbocycles. The summed E-state index contributed by atoms with van der Waals surface area (Å²) in [5.41, 5.74) is 0.406. The van der Waals surface area contributed by atoms with Gasteiger partial charge in [-0.05, 0) is 18.5 Å². The van der Waals surface area contributed by atoms with Crippen LogP contribution in [-0.2, 0) is 16.0 Å². The number of carbonyl (C=O) groups is 2. The van der Waals surface area contributed by atoms with Crippen LogP contribution in [-0.4, -0.2) is 72.5 Å². The van der Waals surface area contributed by atoms with Crippen LogP contribution >= 0.6 is 0 Å². The lowest BCUT2D eigenvalue weighted by Gasteiger charge is -2.17. The van der Waals surface area contributed by atoms with Crippen molar-refractivity contribution in [2.75, 3.05) is 20.1 Å². The Morgan fingerprint density at radius 1 is 1.44 bits per heavy atom. The van der Waals surface area contributed by atoms with Crippen LogP contribution < -0.4 is 5.32 Å². The van der Waals surface area contributed by atoms with Crippen LogP contribution in [0.25, 0.3) is 5.95 Å². The molecule has 2 aromatic heterocycles.